The van der Waals surface area contributed by atoms with E-state index in [0.717, 1.165) is 0 Å². The quantitative estimate of drug-likeness (QED) is 0.540. The minimum absolute atomic E-state index is 0.0397. The van der Waals surface area contributed by atoms with E-state index in [1.807, 2.05) is 0 Å². The predicted octanol–water partition coefficient (Wildman–Crippen LogP) is -0.217. The molecule has 0 aromatic heterocycles. The Morgan fingerprint density at radius 1 is 1.11 bits per heavy atom. The third-order valence-corrected chi connectivity index (χ3v) is 2.08. The van der Waals surface area contributed by atoms with Crippen molar-refractivity contribution in [3.05, 3.63) is 35.4 Å². The van der Waals surface area contributed by atoms with Crippen molar-refractivity contribution in [3.8, 4) is 0 Å². The SMILES string of the molecule is NC(=O)NCCNC(=O)c1cccc(C(=O)O)c1. The molecule has 0 spiro atoms. The zero-order valence-corrected chi connectivity index (χ0v) is 9.47. The number of amides is 3. The topological polar surface area (TPSA) is 122 Å². The number of primary amides is 1. The predicted molar refractivity (Wildman–Crippen MR) is 63.3 cm³/mol. The summed E-state index contributed by atoms with van der Waals surface area (Å²) >= 11 is 0. The Labute approximate surface area is 103 Å². The molecule has 0 fully saturated rings. The van der Waals surface area contributed by atoms with Crippen LogP contribution in [0.15, 0.2) is 24.3 Å². The second kappa shape index (κ2) is 6.24. The number of carboxylic acids is 1. The van der Waals surface area contributed by atoms with Gasteiger partial charge < -0.3 is 21.5 Å². The maximum absolute atomic E-state index is 11.6. The van der Waals surface area contributed by atoms with Gasteiger partial charge in [0, 0.05) is 18.7 Å². The molecule has 1 aromatic carbocycles. The number of nitrogens with two attached hydrogens (primary N) is 1. The molecule has 1 aromatic rings. The second-order valence-electron chi connectivity index (χ2n) is 3.43. The van der Waals surface area contributed by atoms with Gasteiger partial charge in [-0.3, -0.25) is 4.79 Å². The van der Waals surface area contributed by atoms with E-state index < -0.39 is 17.9 Å². The average Bonchev–Trinajstić information content (AvgIpc) is 2.34. The van der Waals surface area contributed by atoms with Crippen LogP contribution in [-0.2, 0) is 0 Å². The monoisotopic (exact) mass is 251 g/mol. The van der Waals surface area contributed by atoms with Gasteiger partial charge in [-0.1, -0.05) is 6.07 Å². The van der Waals surface area contributed by atoms with Crippen molar-refractivity contribution in [1.29, 1.82) is 0 Å². The number of benzene rings is 1. The Kier molecular flexibility index (Phi) is 4.67. The lowest BCUT2D eigenvalue weighted by molar-refractivity contribution is 0.0697. The molecule has 0 saturated carbocycles. The number of hydrogen-bond acceptors (Lipinski definition) is 3. The summed E-state index contributed by atoms with van der Waals surface area (Å²) in [5, 5.41) is 13.6. The molecule has 0 radical (unpaired) electrons. The first-order chi connectivity index (χ1) is 8.50. The van der Waals surface area contributed by atoms with Gasteiger partial charge in [0.1, 0.15) is 0 Å². The number of aromatic carboxylic acids is 1. The molecule has 0 atom stereocenters. The van der Waals surface area contributed by atoms with E-state index in [1.165, 1.54) is 24.3 Å². The molecular weight excluding hydrogens is 238 g/mol. The molecule has 0 aliphatic rings. The molecule has 3 amide bonds. The van der Waals surface area contributed by atoms with Gasteiger partial charge in [0.25, 0.3) is 5.91 Å². The lowest BCUT2D eigenvalue weighted by atomic mass is 10.1. The second-order valence-corrected chi connectivity index (χ2v) is 3.43. The average molecular weight is 251 g/mol. The van der Waals surface area contributed by atoms with Crippen molar-refractivity contribution < 1.29 is 19.5 Å². The Morgan fingerprint density at radius 2 is 1.72 bits per heavy atom. The van der Waals surface area contributed by atoms with Gasteiger partial charge in [0.15, 0.2) is 0 Å². The van der Waals surface area contributed by atoms with Crippen LogP contribution < -0.4 is 16.4 Å². The number of hydrogen-bond donors (Lipinski definition) is 4. The third-order valence-electron chi connectivity index (χ3n) is 2.08. The molecule has 0 saturated heterocycles. The van der Waals surface area contributed by atoms with E-state index in [1.54, 1.807) is 0 Å². The molecule has 0 bridgehead atoms. The molecule has 18 heavy (non-hydrogen) atoms. The Bertz CT molecular complexity index is 473. The van der Waals surface area contributed by atoms with Crippen LogP contribution in [0, 0.1) is 0 Å². The van der Waals surface area contributed by atoms with Crippen LogP contribution in [0.3, 0.4) is 0 Å². The van der Waals surface area contributed by atoms with Crippen molar-refractivity contribution in [2.24, 2.45) is 5.73 Å². The summed E-state index contributed by atoms with van der Waals surface area (Å²) < 4.78 is 0. The summed E-state index contributed by atoms with van der Waals surface area (Å²) in [6.45, 7) is 0.415. The number of urea groups is 1. The summed E-state index contributed by atoms with van der Waals surface area (Å²) in [5.74, 6) is -1.51. The van der Waals surface area contributed by atoms with Crippen molar-refractivity contribution in [2.45, 2.75) is 0 Å². The van der Waals surface area contributed by atoms with Gasteiger partial charge in [-0.2, -0.15) is 0 Å². The summed E-state index contributed by atoms with van der Waals surface area (Å²) in [7, 11) is 0. The molecule has 0 heterocycles. The fourth-order valence-corrected chi connectivity index (χ4v) is 1.26. The zero-order valence-electron chi connectivity index (χ0n) is 9.47. The summed E-state index contributed by atoms with van der Waals surface area (Å²) in [5.41, 5.74) is 5.13. The van der Waals surface area contributed by atoms with Crippen LogP contribution in [0.25, 0.3) is 0 Å². The van der Waals surface area contributed by atoms with Crippen molar-refractivity contribution in [3.63, 3.8) is 0 Å². The zero-order chi connectivity index (χ0) is 13.5. The van der Waals surface area contributed by atoms with Crippen LogP contribution in [0.5, 0.6) is 0 Å². The maximum Gasteiger partial charge on any atom is 0.335 e. The van der Waals surface area contributed by atoms with Crippen LogP contribution >= 0.6 is 0 Å². The smallest absolute Gasteiger partial charge is 0.335 e. The first-order valence-electron chi connectivity index (χ1n) is 5.15. The van der Waals surface area contributed by atoms with E-state index >= 15 is 0 Å². The molecule has 0 aliphatic heterocycles. The van der Waals surface area contributed by atoms with Gasteiger partial charge in [0.2, 0.25) is 0 Å². The van der Waals surface area contributed by atoms with E-state index in [0.29, 0.717) is 0 Å². The maximum atomic E-state index is 11.6. The lowest BCUT2D eigenvalue weighted by Crippen LogP contribution is -2.37. The van der Waals surface area contributed by atoms with Gasteiger partial charge in [-0.25, -0.2) is 9.59 Å². The number of rotatable bonds is 5. The minimum Gasteiger partial charge on any atom is -0.478 e. The van der Waals surface area contributed by atoms with E-state index in [4.69, 9.17) is 10.8 Å². The van der Waals surface area contributed by atoms with Gasteiger partial charge in [-0.15, -0.1) is 0 Å². The molecule has 7 heteroatoms. The van der Waals surface area contributed by atoms with Crippen LogP contribution in [-0.4, -0.2) is 36.1 Å². The number of carbonyl (C=O) groups is 3. The largest absolute Gasteiger partial charge is 0.478 e. The Hall–Kier alpha value is -2.57. The van der Waals surface area contributed by atoms with Crippen LogP contribution in [0.4, 0.5) is 4.79 Å². The van der Waals surface area contributed by atoms with E-state index in [9.17, 15) is 14.4 Å². The lowest BCUT2D eigenvalue weighted by Gasteiger charge is -2.06. The van der Waals surface area contributed by atoms with E-state index in [-0.39, 0.29) is 24.2 Å². The molecule has 0 aliphatic carbocycles. The number of carboxylic acid groups (broad SMARTS) is 1. The van der Waals surface area contributed by atoms with Crippen molar-refractivity contribution in [2.75, 3.05) is 13.1 Å². The molecule has 7 nitrogen and oxygen atoms in total. The number of nitrogens with one attached hydrogen (secondary N) is 2. The highest BCUT2D eigenvalue weighted by Gasteiger charge is 2.08. The van der Waals surface area contributed by atoms with Crippen LogP contribution in [0.2, 0.25) is 0 Å². The standard InChI is InChI=1S/C11H13N3O4/c12-11(18)14-5-4-13-9(15)7-2-1-3-8(6-7)10(16)17/h1-3,6H,4-5H2,(H,13,15)(H,16,17)(H3,12,14,18). The minimum atomic E-state index is -1.10. The van der Waals surface area contributed by atoms with Gasteiger partial charge in [-0.05, 0) is 18.2 Å². The first kappa shape index (κ1) is 13.5. The summed E-state index contributed by atoms with van der Waals surface area (Å²) in [6, 6.07) is 4.99. The highest BCUT2D eigenvalue weighted by Crippen LogP contribution is 2.05. The highest BCUT2D eigenvalue weighted by molar-refractivity contribution is 5.97. The molecule has 0 unspecified atom stereocenters. The molecule has 5 N–H and O–H groups in total. The summed E-state index contributed by atoms with van der Waals surface area (Å²) in [4.78, 5) is 32.7. The van der Waals surface area contributed by atoms with Crippen molar-refractivity contribution >= 4 is 17.9 Å². The fourth-order valence-electron chi connectivity index (χ4n) is 1.26. The Morgan fingerprint density at radius 3 is 2.33 bits per heavy atom. The summed E-state index contributed by atoms with van der Waals surface area (Å²) in [6.07, 6.45) is 0. The normalized spacial score (nSPS) is 9.56. The molecular formula is C11H13N3O4. The molecule has 96 valence electrons. The van der Waals surface area contributed by atoms with Gasteiger partial charge in [0.05, 0.1) is 5.56 Å². The van der Waals surface area contributed by atoms with Gasteiger partial charge >= 0.3 is 12.0 Å². The highest BCUT2D eigenvalue weighted by atomic mass is 16.4. The molecule has 1 rings (SSSR count). The third kappa shape index (κ3) is 4.12. The van der Waals surface area contributed by atoms with E-state index in [2.05, 4.69) is 10.6 Å². The Balaban J connectivity index is 2.53. The number of carbonyl (C=O) groups excluding carboxylic acids is 2. The fraction of sp³-hybridized carbons (Fsp3) is 0.182. The first-order valence-corrected chi connectivity index (χ1v) is 5.15. The van der Waals surface area contributed by atoms with Crippen molar-refractivity contribution in [1.82, 2.24) is 10.6 Å². The van der Waals surface area contributed by atoms with Crippen LogP contribution in [0.1, 0.15) is 20.7 Å².